The fraction of sp³-hybridized carbons (Fsp3) is 0.200. The number of benzene rings is 1. The van der Waals surface area contributed by atoms with E-state index in [0.29, 0.717) is 19.2 Å². The van der Waals surface area contributed by atoms with Crippen LogP contribution in [0.5, 0.6) is 0 Å². The summed E-state index contributed by atoms with van der Waals surface area (Å²) in [6.45, 7) is 0. The number of hydrogen-bond acceptors (Lipinski definition) is 4. The molecule has 110 valence electrons. The molecule has 1 aliphatic carbocycles. The number of rotatable bonds is 8. The summed E-state index contributed by atoms with van der Waals surface area (Å²) in [5.74, 6) is 0. The summed E-state index contributed by atoms with van der Waals surface area (Å²) in [4.78, 5) is 20.8. The summed E-state index contributed by atoms with van der Waals surface area (Å²) < 4.78 is 0. The van der Waals surface area contributed by atoms with Crippen molar-refractivity contribution in [2.75, 3.05) is 0 Å². The molecular formula is C15H18N4O2. The van der Waals surface area contributed by atoms with Gasteiger partial charge in [-0.3, -0.25) is 25.9 Å². The van der Waals surface area contributed by atoms with Crippen LogP contribution in [0.3, 0.4) is 0 Å². The van der Waals surface area contributed by atoms with Gasteiger partial charge in [-0.2, -0.15) is 0 Å². The molecule has 1 unspecified atom stereocenters. The number of carbonyl (C=O) groups is 2. The number of amides is 2. The van der Waals surface area contributed by atoms with Gasteiger partial charge in [-0.1, -0.05) is 42.5 Å². The van der Waals surface area contributed by atoms with Crippen molar-refractivity contribution in [1.82, 2.24) is 21.7 Å². The van der Waals surface area contributed by atoms with Gasteiger partial charge in [0.05, 0.1) is 5.54 Å². The molecule has 1 aliphatic rings. The minimum atomic E-state index is -0.394. The second kappa shape index (κ2) is 7.25. The SMILES string of the molecule is O=CNNC1=CCC(Cc2ccccc2)(NNC=O)C=C1. The highest BCUT2D eigenvalue weighted by Crippen LogP contribution is 2.24. The van der Waals surface area contributed by atoms with Crippen LogP contribution >= 0.6 is 0 Å². The minimum Gasteiger partial charge on any atom is -0.299 e. The lowest BCUT2D eigenvalue weighted by Crippen LogP contribution is -2.52. The zero-order chi connectivity index (χ0) is 15.0. The highest BCUT2D eigenvalue weighted by atomic mass is 16.1. The van der Waals surface area contributed by atoms with E-state index >= 15 is 0 Å². The van der Waals surface area contributed by atoms with E-state index in [0.717, 1.165) is 17.7 Å². The van der Waals surface area contributed by atoms with Crippen molar-refractivity contribution in [3.05, 3.63) is 59.8 Å². The van der Waals surface area contributed by atoms with Gasteiger partial charge in [-0.15, -0.1) is 0 Å². The van der Waals surface area contributed by atoms with Crippen molar-refractivity contribution in [3.63, 3.8) is 0 Å². The zero-order valence-electron chi connectivity index (χ0n) is 11.5. The summed E-state index contributed by atoms with van der Waals surface area (Å²) in [5.41, 5.74) is 12.3. The van der Waals surface area contributed by atoms with E-state index in [2.05, 4.69) is 21.7 Å². The standard InChI is InChI=1S/C15H18N4O2/c20-11-16-18-14-6-8-15(9-7-14,19-17-12-21)10-13-4-2-1-3-5-13/h1-8,11-12,18-19H,9-10H2,(H,16,20)(H,17,21). The van der Waals surface area contributed by atoms with Gasteiger partial charge in [0.25, 0.3) is 0 Å². The van der Waals surface area contributed by atoms with E-state index < -0.39 is 5.54 Å². The molecule has 0 saturated heterocycles. The third-order valence-electron chi connectivity index (χ3n) is 3.29. The lowest BCUT2D eigenvalue weighted by Gasteiger charge is -2.33. The van der Waals surface area contributed by atoms with Crippen molar-refractivity contribution in [1.29, 1.82) is 0 Å². The van der Waals surface area contributed by atoms with Gasteiger partial charge in [0, 0.05) is 5.70 Å². The lowest BCUT2D eigenvalue weighted by atomic mass is 9.85. The van der Waals surface area contributed by atoms with E-state index in [1.165, 1.54) is 0 Å². The van der Waals surface area contributed by atoms with E-state index in [1.807, 2.05) is 48.6 Å². The Morgan fingerprint density at radius 1 is 1.10 bits per heavy atom. The van der Waals surface area contributed by atoms with Crippen molar-refractivity contribution >= 4 is 12.8 Å². The molecule has 2 amide bonds. The summed E-state index contributed by atoms with van der Waals surface area (Å²) in [5, 5.41) is 0. The summed E-state index contributed by atoms with van der Waals surface area (Å²) in [7, 11) is 0. The minimum absolute atomic E-state index is 0.394. The Morgan fingerprint density at radius 3 is 2.48 bits per heavy atom. The molecule has 0 saturated carbocycles. The van der Waals surface area contributed by atoms with Crippen LogP contribution in [0.15, 0.2) is 54.3 Å². The Labute approximate surface area is 123 Å². The first kappa shape index (κ1) is 14.8. The molecule has 0 aliphatic heterocycles. The molecule has 0 aromatic heterocycles. The number of nitrogens with one attached hydrogen (secondary N) is 4. The largest absolute Gasteiger partial charge is 0.299 e. The molecule has 1 atom stereocenters. The van der Waals surface area contributed by atoms with Gasteiger partial charge in [0.2, 0.25) is 12.8 Å². The fourth-order valence-electron chi connectivity index (χ4n) is 2.28. The van der Waals surface area contributed by atoms with E-state index in [-0.39, 0.29) is 0 Å². The average molecular weight is 286 g/mol. The maximum atomic E-state index is 10.6. The Kier molecular flexibility index (Phi) is 5.11. The van der Waals surface area contributed by atoms with Crippen LogP contribution in [0, 0.1) is 0 Å². The predicted octanol–water partition coefficient (Wildman–Crippen LogP) is 0.313. The number of carbonyl (C=O) groups excluding carboxylic acids is 2. The molecule has 1 aromatic rings. The molecule has 0 spiro atoms. The highest BCUT2D eigenvalue weighted by molar-refractivity contribution is 5.47. The maximum absolute atomic E-state index is 10.6. The van der Waals surface area contributed by atoms with Crippen LogP contribution in [-0.2, 0) is 16.0 Å². The molecular weight excluding hydrogens is 268 g/mol. The first-order chi connectivity index (χ1) is 10.3. The van der Waals surface area contributed by atoms with Crippen LogP contribution in [-0.4, -0.2) is 18.4 Å². The van der Waals surface area contributed by atoms with Crippen molar-refractivity contribution < 1.29 is 9.59 Å². The monoisotopic (exact) mass is 286 g/mol. The second-order valence-corrected chi connectivity index (χ2v) is 4.79. The number of hydrazine groups is 2. The van der Waals surface area contributed by atoms with Gasteiger partial charge in [0.1, 0.15) is 0 Å². The fourth-order valence-corrected chi connectivity index (χ4v) is 2.28. The van der Waals surface area contributed by atoms with Gasteiger partial charge >= 0.3 is 0 Å². The molecule has 4 N–H and O–H groups in total. The normalized spacial score (nSPS) is 20.3. The second-order valence-electron chi connectivity index (χ2n) is 4.79. The molecule has 6 heteroatoms. The van der Waals surface area contributed by atoms with E-state index in [1.54, 1.807) is 0 Å². The molecule has 21 heavy (non-hydrogen) atoms. The molecule has 2 rings (SSSR count). The van der Waals surface area contributed by atoms with Gasteiger partial charge < -0.3 is 0 Å². The lowest BCUT2D eigenvalue weighted by molar-refractivity contribution is -0.111. The molecule has 0 fully saturated rings. The van der Waals surface area contributed by atoms with Crippen LogP contribution < -0.4 is 21.7 Å². The highest BCUT2D eigenvalue weighted by Gasteiger charge is 2.28. The third kappa shape index (κ3) is 4.19. The van der Waals surface area contributed by atoms with Gasteiger partial charge in [0.15, 0.2) is 0 Å². The van der Waals surface area contributed by atoms with Crippen molar-refractivity contribution in [2.24, 2.45) is 0 Å². The van der Waals surface area contributed by atoms with Gasteiger partial charge in [-0.05, 0) is 24.5 Å². The Morgan fingerprint density at radius 2 is 1.86 bits per heavy atom. The van der Waals surface area contributed by atoms with Gasteiger partial charge in [-0.25, -0.2) is 5.43 Å². The predicted molar refractivity (Wildman–Crippen MR) is 79.4 cm³/mol. The van der Waals surface area contributed by atoms with Crippen LogP contribution in [0.25, 0.3) is 0 Å². The van der Waals surface area contributed by atoms with E-state index in [9.17, 15) is 9.59 Å². The third-order valence-corrected chi connectivity index (χ3v) is 3.29. The van der Waals surface area contributed by atoms with E-state index in [4.69, 9.17) is 0 Å². The summed E-state index contributed by atoms with van der Waals surface area (Å²) >= 11 is 0. The Balaban J connectivity index is 2.09. The number of hydrogen-bond donors (Lipinski definition) is 4. The Bertz CT molecular complexity index is 542. The van der Waals surface area contributed by atoms with Crippen molar-refractivity contribution in [2.45, 2.75) is 18.4 Å². The molecule has 6 nitrogen and oxygen atoms in total. The van der Waals surface area contributed by atoms with Crippen molar-refractivity contribution in [3.8, 4) is 0 Å². The quantitative estimate of drug-likeness (QED) is 0.409. The van der Waals surface area contributed by atoms with Crippen LogP contribution in [0.2, 0.25) is 0 Å². The molecule has 1 aromatic carbocycles. The smallest absolute Gasteiger partial charge is 0.225 e. The number of allylic oxidation sites excluding steroid dienone is 1. The zero-order valence-corrected chi connectivity index (χ0v) is 11.5. The first-order valence-electron chi connectivity index (χ1n) is 6.63. The summed E-state index contributed by atoms with van der Waals surface area (Å²) in [6.07, 6.45) is 8.39. The Hall–Kier alpha value is -2.60. The van der Waals surface area contributed by atoms with Crippen LogP contribution in [0.4, 0.5) is 0 Å². The van der Waals surface area contributed by atoms with Crippen LogP contribution in [0.1, 0.15) is 12.0 Å². The molecule has 0 radical (unpaired) electrons. The molecule has 0 heterocycles. The average Bonchev–Trinajstić information content (AvgIpc) is 2.53. The topological polar surface area (TPSA) is 82.3 Å². The first-order valence-corrected chi connectivity index (χ1v) is 6.63. The summed E-state index contributed by atoms with van der Waals surface area (Å²) in [6, 6.07) is 10.0. The maximum Gasteiger partial charge on any atom is 0.225 e. The molecule has 0 bridgehead atoms.